The highest BCUT2D eigenvalue weighted by atomic mass is 19.4. The van der Waals surface area contributed by atoms with Gasteiger partial charge in [-0.05, 0) is 25.5 Å². The molecule has 3 amide bonds. The number of nitrogens with two attached hydrogens (primary N) is 1. The van der Waals surface area contributed by atoms with Crippen LogP contribution in [0.2, 0.25) is 0 Å². The number of hydrogen-bond acceptors (Lipinski definition) is 6. The smallest absolute Gasteiger partial charge is 0.490 e. The van der Waals surface area contributed by atoms with Gasteiger partial charge < -0.3 is 31.5 Å². The minimum absolute atomic E-state index is 0.0506. The van der Waals surface area contributed by atoms with Crippen LogP contribution in [0, 0.1) is 5.92 Å². The fourth-order valence-corrected chi connectivity index (χ4v) is 3.33. The highest BCUT2D eigenvalue weighted by molar-refractivity contribution is 5.96. The Bertz CT molecular complexity index is 1050. The van der Waals surface area contributed by atoms with Crippen molar-refractivity contribution in [1.82, 2.24) is 16.0 Å². The Morgan fingerprint density at radius 2 is 1.72 bits per heavy atom. The third kappa shape index (κ3) is 7.44. The summed E-state index contributed by atoms with van der Waals surface area (Å²) in [4.78, 5) is 46.4. The summed E-state index contributed by atoms with van der Waals surface area (Å²) in [6, 6.07) is 4.11. The average Bonchev–Trinajstić information content (AvgIpc) is 2.80. The summed E-state index contributed by atoms with van der Waals surface area (Å²) in [6.45, 7) is 5.92. The molecule has 0 aromatic heterocycles. The van der Waals surface area contributed by atoms with Crippen LogP contribution in [0.3, 0.4) is 0 Å². The summed E-state index contributed by atoms with van der Waals surface area (Å²) in [7, 11) is 0. The van der Waals surface area contributed by atoms with E-state index in [2.05, 4.69) is 16.0 Å². The van der Waals surface area contributed by atoms with Crippen molar-refractivity contribution < 1.29 is 42.2 Å². The standard InChI is InChI=1S/C21H28N4O4.C2HF3O2/c1-12-10-23-18(26)13(2)24-19(27)14(3)25-20(28)21(22)8-7-15-5-4-6-17(29-11-12)16(15)9-21;3-2(4,5)1(6)7/h4-8,12-14H,9-11,22H2,1-3H3,(H,23,26)(H,24,27)(H,25,28);(H,6,7)/t12-,13-,14-,21-;/m0./s1. The summed E-state index contributed by atoms with van der Waals surface area (Å²) in [5.74, 6) is -3.25. The molecule has 0 unspecified atom stereocenters. The Morgan fingerprint density at radius 1 is 1.11 bits per heavy atom. The van der Waals surface area contributed by atoms with Gasteiger partial charge in [-0.25, -0.2) is 4.79 Å². The Hall–Kier alpha value is -3.61. The lowest BCUT2D eigenvalue weighted by Gasteiger charge is -2.31. The Kier molecular flexibility index (Phi) is 9.08. The van der Waals surface area contributed by atoms with Crippen molar-refractivity contribution in [3.8, 4) is 5.75 Å². The lowest BCUT2D eigenvalue weighted by molar-refractivity contribution is -0.192. The van der Waals surface area contributed by atoms with Gasteiger partial charge >= 0.3 is 12.1 Å². The SMILES string of the molecule is C[C@H]1CNC(=O)[C@H](C)NC(=O)[C@H](C)NC(=O)[C@]2(N)C=Cc3cccc(c3C2)OC1.O=C(O)C(F)(F)F. The Morgan fingerprint density at radius 3 is 2.33 bits per heavy atom. The molecule has 3 rings (SSSR count). The molecule has 0 saturated heterocycles. The van der Waals surface area contributed by atoms with E-state index < -0.39 is 41.6 Å². The van der Waals surface area contributed by atoms with Crippen molar-refractivity contribution >= 4 is 29.8 Å². The summed E-state index contributed by atoms with van der Waals surface area (Å²) in [5, 5.41) is 15.2. The number of benzene rings is 1. The van der Waals surface area contributed by atoms with Gasteiger partial charge in [0.1, 0.15) is 23.4 Å². The minimum atomic E-state index is -5.08. The first-order valence-corrected chi connectivity index (χ1v) is 11.1. The Balaban J connectivity index is 0.000000572. The monoisotopic (exact) mass is 514 g/mol. The van der Waals surface area contributed by atoms with E-state index >= 15 is 0 Å². The van der Waals surface area contributed by atoms with Crippen LogP contribution >= 0.6 is 0 Å². The molecule has 36 heavy (non-hydrogen) atoms. The number of amides is 3. The molecule has 1 heterocycles. The van der Waals surface area contributed by atoms with Crippen molar-refractivity contribution in [3.63, 3.8) is 0 Å². The molecule has 1 aliphatic heterocycles. The van der Waals surface area contributed by atoms with Crippen molar-refractivity contribution in [1.29, 1.82) is 0 Å². The van der Waals surface area contributed by atoms with Gasteiger partial charge in [0.05, 0.1) is 6.61 Å². The Labute approximate surface area is 205 Å². The molecule has 10 nitrogen and oxygen atoms in total. The second kappa shape index (κ2) is 11.4. The van der Waals surface area contributed by atoms with Crippen LogP contribution in [0.25, 0.3) is 6.08 Å². The zero-order chi connectivity index (χ0) is 27.3. The first-order valence-electron chi connectivity index (χ1n) is 11.1. The van der Waals surface area contributed by atoms with E-state index in [1.54, 1.807) is 19.9 Å². The van der Waals surface area contributed by atoms with Crippen molar-refractivity contribution in [2.24, 2.45) is 11.7 Å². The highest BCUT2D eigenvalue weighted by Gasteiger charge is 2.38. The zero-order valence-corrected chi connectivity index (χ0v) is 19.9. The highest BCUT2D eigenvalue weighted by Crippen LogP contribution is 2.32. The molecule has 6 N–H and O–H groups in total. The molecule has 0 saturated carbocycles. The zero-order valence-electron chi connectivity index (χ0n) is 19.9. The quantitative estimate of drug-likeness (QED) is 0.341. The average molecular weight is 515 g/mol. The molecule has 0 radical (unpaired) electrons. The van der Waals surface area contributed by atoms with Crippen LogP contribution in [0.4, 0.5) is 13.2 Å². The number of ether oxygens (including phenoxy) is 1. The van der Waals surface area contributed by atoms with E-state index in [0.717, 1.165) is 11.1 Å². The van der Waals surface area contributed by atoms with Gasteiger partial charge in [0.25, 0.3) is 0 Å². The van der Waals surface area contributed by atoms with Crippen molar-refractivity contribution in [2.75, 3.05) is 13.2 Å². The molecule has 2 bridgehead atoms. The van der Waals surface area contributed by atoms with E-state index in [0.29, 0.717) is 18.9 Å². The number of carboxylic acid groups (broad SMARTS) is 1. The van der Waals surface area contributed by atoms with Crippen LogP contribution in [-0.4, -0.2) is 65.7 Å². The predicted octanol–water partition coefficient (Wildman–Crippen LogP) is 0.741. The summed E-state index contributed by atoms with van der Waals surface area (Å²) in [6.07, 6.45) is -1.36. The summed E-state index contributed by atoms with van der Waals surface area (Å²) < 4.78 is 37.7. The first-order chi connectivity index (χ1) is 16.6. The summed E-state index contributed by atoms with van der Waals surface area (Å²) in [5.41, 5.74) is 6.89. The van der Waals surface area contributed by atoms with E-state index in [1.807, 2.05) is 31.2 Å². The van der Waals surface area contributed by atoms with Gasteiger partial charge in [-0.2, -0.15) is 13.2 Å². The van der Waals surface area contributed by atoms with Crippen LogP contribution in [0.1, 0.15) is 31.9 Å². The van der Waals surface area contributed by atoms with Crippen LogP contribution < -0.4 is 26.4 Å². The number of hydrogen-bond donors (Lipinski definition) is 5. The second-order valence-electron chi connectivity index (χ2n) is 8.76. The lowest BCUT2D eigenvalue weighted by atomic mass is 9.82. The normalized spacial score (nSPS) is 26.9. The molecule has 13 heteroatoms. The third-order valence-electron chi connectivity index (χ3n) is 5.51. The fraction of sp³-hybridized carbons (Fsp3) is 0.478. The number of carboxylic acids is 1. The van der Waals surface area contributed by atoms with E-state index in [4.69, 9.17) is 20.4 Å². The number of alkyl halides is 3. The molecule has 1 aromatic rings. The van der Waals surface area contributed by atoms with Gasteiger partial charge in [-0.3, -0.25) is 14.4 Å². The van der Waals surface area contributed by atoms with Crippen LogP contribution in [0.15, 0.2) is 24.3 Å². The van der Waals surface area contributed by atoms with Gasteiger partial charge in [-0.15, -0.1) is 0 Å². The van der Waals surface area contributed by atoms with Gasteiger partial charge in [0.2, 0.25) is 17.7 Å². The van der Waals surface area contributed by atoms with Crippen LogP contribution in [-0.2, 0) is 25.6 Å². The van der Waals surface area contributed by atoms with Crippen LogP contribution in [0.5, 0.6) is 5.75 Å². The number of carbonyl (C=O) groups is 4. The number of carbonyl (C=O) groups excluding carboxylic acids is 3. The maximum absolute atomic E-state index is 12.9. The topological polar surface area (TPSA) is 160 Å². The first kappa shape index (κ1) is 28.6. The molecule has 2 aliphatic rings. The molecular weight excluding hydrogens is 485 g/mol. The summed E-state index contributed by atoms with van der Waals surface area (Å²) >= 11 is 0. The second-order valence-corrected chi connectivity index (χ2v) is 8.76. The number of fused-ring (bicyclic) bond motifs is 1. The van der Waals surface area contributed by atoms with Gasteiger partial charge in [0.15, 0.2) is 0 Å². The lowest BCUT2D eigenvalue weighted by Crippen LogP contribution is -2.59. The molecule has 198 valence electrons. The van der Waals surface area contributed by atoms with E-state index in [-0.39, 0.29) is 18.2 Å². The van der Waals surface area contributed by atoms with Gasteiger partial charge in [-0.1, -0.05) is 31.2 Å². The largest absolute Gasteiger partial charge is 0.493 e. The van der Waals surface area contributed by atoms with Gasteiger partial charge in [0, 0.05) is 24.4 Å². The number of halogens is 3. The van der Waals surface area contributed by atoms with Crippen molar-refractivity contribution in [2.45, 2.75) is 51.0 Å². The molecule has 4 atom stereocenters. The maximum Gasteiger partial charge on any atom is 0.490 e. The number of rotatable bonds is 0. The fourth-order valence-electron chi connectivity index (χ4n) is 3.33. The molecule has 1 aliphatic carbocycles. The van der Waals surface area contributed by atoms with Crippen molar-refractivity contribution in [3.05, 3.63) is 35.4 Å². The molecule has 0 spiro atoms. The maximum atomic E-state index is 12.9. The molecule has 0 fully saturated rings. The van der Waals surface area contributed by atoms with E-state index in [1.165, 1.54) is 0 Å². The number of aliphatic carboxylic acids is 1. The predicted molar refractivity (Wildman–Crippen MR) is 123 cm³/mol. The van der Waals surface area contributed by atoms with E-state index in [9.17, 15) is 27.6 Å². The molecule has 1 aromatic carbocycles. The minimum Gasteiger partial charge on any atom is -0.493 e. The number of nitrogens with one attached hydrogen (secondary N) is 3. The molecular formula is C23H29F3N4O6. The third-order valence-corrected chi connectivity index (χ3v) is 5.51.